The van der Waals surface area contributed by atoms with Crippen LogP contribution in [-0.2, 0) is 4.79 Å². The van der Waals surface area contributed by atoms with E-state index in [4.69, 9.17) is 0 Å². The summed E-state index contributed by atoms with van der Waals surface area (Å²) in [5, 5.41) is 0. The first kappa shape index (κ1) is 14.8. The Labute approximate surface area is 118 Å². The Balaban J connectivity index is 1.82. The number of amides is 1. The topological polar surface area (TPSA) is 23.6 Å². The molecule has 0 aromatic heterocycles. The molecule has 3 heteroatoms. The Morgan fingerprint density at radius 2 is 1.79 bits per heavy atom. The molecule has 2 rings (SSSR count). The fraction of sp³-hybridized carbons (Fsp3) is 0.938. The van der Waals surface area contributed by atoms with Gasteiger partial charge in [-0.1, -0.05) is 13.8 Å². The fourth-order valence-electron chi connectivity index (χ4n) is 3.43. The summed E-state index contributed by atoms with van der Waals surface area (Å²) in [6.45, 7) is 9.01. The van der Waals surface area contributed by atoms with Crippen LogP contribution in [0.4, 0.5) is 0 Å². The summed E-state index contributed by atoms with van der Waals surface area (Å²) in [4.78, 5) is 17.1. The summed E-state index contributed by atoms with van der Waals surface area (Å²) < 4.78 is 0. The number of nitrogens with zero attached hydrogens (tertiary/aromatic N) is 2. The van der Waals surface area contributed by atoms with Crippen LogP contribution in [0.2, 0.25) is 0 Å². The van der Waals surface area contributed by atoms with E-state index in [-0.39, 0.29) is 0 Å². The highest BCUT2D eigenvalue weighted by molar-refractivity contribution is 5.76. The van der Waals surface area contributed by atoms with Crippen LogP contribution in [-0.4, -0.2) is 47.9 Å². The predicted molar refractivity (Wildman–Crippen MR) is 79.1 cm³/mol. The van der Waals surface area contributed by atoms with Crippen molar-refractivity contribution in [2.45, 2.75) is 64.8 Å². The lowest BCUT2D eigenvalue weighted by Crippen LogP contribution is -2.45. The third-order valence-corrected chi connectivity index (χ3v) is 4.51. The summed E-state index contributed by atoms with van der Waals surface area (Å²) in [7, 11) is 0. The predicted octanol–water partition coefficient (Wildman–Crippen LogP) is 2.90. The van der Waals surface area contributed by atoms with E-state index in [1.165, 1.54) is 58.2 Å². The van der Waals surface area contributed by atoms with Gasteiger partial charge in [0.2, 0.25) is 5.91 Å². The molecule has 2 heterocycles. The highest BCUT2D eigenvalue weighted by atomic mass is 16.2. The minimum Gasteiger partial charge on any atom is -0.340 e. The number of rotatable bonds is 5. The highest BCUT2D eigenvalue weighted by Crippen LogP contribution is 2.22. The molecular formula is C16H30N2O. The second-order valence-corrected chi connectivity index (χ2v) is 6.67. The number of carbonyl (C=O) groups is 1. The Hall–Kier alpha value is -0.570. The standard InChI is InChI=1S/C16H30N2O/c1-14(2)13-16(19)18-11-4-3-7-15(18)8-12-17-9-5-6-10-17/h14-15H,3-13H2,1-2H3/t15-/m0/s1. The molecule has 0 N–H and O–H groups in total. The van der Waals surface area contributed by atoms with E-state index in [1.807, 2.05) is 0 Å². The lowest BCUT2D eigenvalue weighted by Gasteiger charge is -2.37. The molecule has 2 aliphatic rings. The van der Waals surface area contributed by atoms with E-state index in [2.05, 4.69) is 23.6 Å². The zero-order chi connectivity index (χ0) is 13.7. The molecule has 110 valence electrons. The molecule has 1 amide bonds. The van der Waals surface area contributed by atoms with Gasteiger partial charge in [-0.25, -0.2) is 0 Å². The van der Waals surface area contributed by atoms with Gasteiger partial charge in [-0.05, 0) is 57.5 Å². The van der Waals surface area contributed by atoms with Gasteiger partial charge in [0.25, 0.3) is 0 Å². The summed E-state index contributed by atoms with van der Waals surface area (Å²) >= 11 is 0. The van der Waals surface area contributed by atoms with E-state index >= 15 is 0 Å². The van der Waals surface area contributed by atoms with Crippen LogP contribution in [0.5, 0.6) is 0 Å². The van der Waals surface area contributed by atoms with E-state index < -0.39 is 0 Å². The number of hydrogen-bond donors (Lipinski definition) is 0. The summed E-state index contributed by atoms with van der Waals surface area (Å²) in [5.74, 6) is 0.870. The number of piperidine rings is 1. The molecule has 1 atom stereocenters. The van der Waals surface area contributed by atoms with Gasteiger partial charge in [0, 0.05) is 25.6 Å². The van der Waals surface area contributed by atoms with Crippen LogP contribution in [0.3, 0.4) is 0 Å². The summed E-state index contributed by atoms with van der Waals surface area (Å²) in [6.07, 6.45) is 8.35. The largest absolute Gasteiger partial charge is 0.340 e. The van der Waals surface area contributed by atoms with Crippen molar-refractivity contribution in [2.24, 2.45) is 5.92 Å². The third-order valence-electron chi connectivity index (χ3n) is 4.51. The molecule has 0 spiro atoms. The van der Waals surface area contributed by atoms with Gasteiger partial charge >= 0.3 is 0 Å². The van der Waals surface area contributed by atoms with Crippen LogP contribution in [0.25, 0.3) is 0 Å². The van der Waals surface area contributed by atoms with Gasteiger partial charge in [-0.2, -0.15) is 0 Å². The molecule has 3 nitrogen and oxygen atoms in total. The van der Waals surface area contributed by atoms with Crippen LogP contribution < -0.4 is 0 Å². The van der Waals surface area contributed by atoms with Crippen molar-refractivity contribution < 1.29 is 4.79 Å². The van der Waals surface area contributed by atoms with Crippen molar-refractivity contribution in [1.82, 2.24) is 9.80 Å². The molecule has 2 fully saturated rings. The molecule has 19 heavy (non-hydrogen) atoms. The number of hydrogen-bond acceptors (Lipinski definition) is 2. The minimum atomic E-state index is 0.390. The number of carbonyl (C=O) groups excluding carboxylic acids is 1. The number of likely N-dealkylation sites (tertiary alicyclic amines) is 2. The van der Waals surface area contributed by atoms with Gasteiger partial charge < -0.3 is 9.80 Å². The molecule has 0 saturated carbocycles. The first-order valence-electron chi connectivity index (χ1n) is 8.18. The van der Waals surface area contributed by atoms with E-state index in [1.54, 1.807) is 0 Å². The van der Waals surface area contributed by atoms with Crippen molar-refractivity contribution in [3.8, 4) is 0 Å². The first-order valence-corrected chi connectivity index (χ1v) is 8.18. The van der Waals surface area contributed by atoms with Crippen LogP contribution >= 0.6 is 0 Å². The second kappa shape index (κ2) is 7.28. The fourth-order valence-corrected chi connectivity index (χ4v) is 3.43. The van der Waals surface area contributed by atoms with Gasteiger partial charge in [0.15, 0.2) is 0 Å². The van der Waals surface area contributed by atoms with Gasteiger partial charge in [0.05, 0.1) is 0 Å². The molecule has 0 radical (unpaired) electrons. The van der Waals surface area contributed by atoms with Crippen LogP contribution in [0.15, 0.2) is 0 Å². The maximum atomic E-state index is 12.3. The van der Waals surface area contributed by atoms with Gasteiger partial charge in [-0.3, -0.25) is 4.79 Å². The average molecular weight is 266 g/mol. The highest BCUT2D eigenvalue weighted by Gasteiger charge is 2.27. The zero-order valence-corrected chi connectivity index (χ0v) is 12.7. The van der Waals surface area contributed by atoms with Gasteiger partial charge in [0.1, 0.15) is 0 Å². The maximum Gasteiger partial charge on any atom is 0.223 e. The van der Waals surface area contributed by atoms with E-state index in [9.17, 15) is 4.79 Å². The molecule has 0 unspecified atom stereocenters. The van der Waals surface area contributed by atoms with E-state index in [0.717, 1.165) is 13.0 Å². The molecule has 0 aromatic carbocycles. The summed E-state index contributed by atoms with van der Waals surface area (Å²) in [6, 6.07) is 0.514. The smallest absolute Gasteiger partial charge is 0.223 e. The van der Waals surface area contributed by atoms with Gasteiger partial charge in [-0.15, -0.1) is 0 Å². The SMILES string of the molecule is CC(C)CC(=O)N1CCCC[C@H]1CCN1CCCC1. The monoisotopic (exact) mass is 266 g/mol. The maximum absolute atomic E-state index is 12.3. The van der Waals surface area contributed by atoms with Crippen molar-refractivity contribution in [1.29, 1.82) is 0 Å². The molecule has 2 saturated heterocycles. The third kappa shape index (κ3) is 4.48. The summed E-state index contributed by atoms with van der Waals surface area (Å²) in [5.41, 5.74) is 0. The van der Waals surface area contributed by atoms with Crippen molar-refractivity contribution in [2.75, 3.05) is 26.2 Å². The van der Waals surface area contributed by atoms with E-state index in [0.29, 0.717) is 17.9 Å². The lowest BCUT2D eigenvalue weighted by atomic mass is 9.97. The van der Waals surface area contributed by atoms with Crippen LogP contribution in [0, 0.1) is 5.92 Å². The molecule has 0 aliphatic carbocycles. The Morgan fingerprint density at radius 3 is 2.47 bits per heavy atom. The molecule has 0 bridgehead atoms. The Bertz CT molecular complexity index is 284. The second-order valence-electron chi connectivity index (χ2n) is 6.67. The normalized spacial score (nSPS) is 25.2. The van der Waals surface area contributed by atoms with Crippen molar-refractivity contribution in [3.05, 3.63) is 0 Å². The Morgan fingerprint density at radius 1 is 1.11 bits per heavy atom. The van der Waals surface area contributed by atoms with Crippen molar-refractivity contribution in [3.63, 3.8) is 0 Å². The Kier molecular flexibility index (Phi) is 5.68. The van der Waals surface area contributed by atoms with Crippen LogP contribution in [0.1, 0.15) is 58.8 Å². The zero-order valence-electron chi connectivity index (χ0n) is 12.7. The first-order chi connectivity index (χ1) is 9.16. The lowest BCUT2D eigenvalue weighted by molar-refractivity contribution is -0.135. The quantitative estimate of drug-likeness (QED) is 0.764. The van der Waals surface area contributed by atoms with Crippen molar-refractivity contribution >= 4 is 5.91 Å². The average Bonchev–Trinajstić information content (AvgIpc) is 2.89. The minimum absolute atomic E-state index is 0.390. The molecular weight excluding hydrogens is 236 g/mol. The molecule has 0 aromatic rings. The molecule has 2 aliphatic heterocycles.